The van der Waals surface area contributed by atoms with Crippen LogP contribution in [0.4, 0.5) is 26.3 Å². The van der Waals surface area contributed by atoms with Gasteiger partial charge in [0.15, 0.2) is 0 Å². The number of para-hydroxylation sites is 1. The molecule has 4 N–H and O–H groups in total. The lowest BCUT2D eigenvalue weighted by atomic mass is 10.1. The number of carboxylic acid groups (broad SMARTS) is 2. The Morgan fingerprint density at radius 2 is 1.49 bits per heavy atom. The maximum atomic E-state index is 12.9. The molecule has 0 spiro atoms. The van der Waals surface area contributed by atoms with Crippen LogP contribution in [0.15, 0.2) is 70.1 Å². The van der Waals surface area contributed by atoms with E-state index in [4.69, 9.17) is 34.7 Å². The zero-order valence-corrected chi connectivity index (χ0v) is 20.5. The van der Waals surface area contributed by atoms with Crippen LogP contribution in [0.3, 0.4) is 0 Å². The highest BCUT2D eigenvalue weighted by Crippen LogP contribution is 2.24. The Balaban J connectivity index is 0.000000349. The fourth-order valence-corrected chi connectivity index (χ4v) is 2.77. The Kier molecular flexibility index (Phi) is 10.1. The summed E-state index contributed by atoms with van der Waals surface area (Å²) < 4.78 is 74.2. The second-order valence-corrected chi connectivity index (χ2v) is 7.84. The number of aliphatic carboxylic acids is 2. The monoisotopic (exact) mass is 588 g/mol. The summed E-state index contributed by atoms with van der Waals surface area (Å²) in [5.74, 6) is -5.81. The van der Waals surface area contributed by atoms with Crippen LogP contribution >= 0.6 is 0 Å². The fraction of sp³-hybridized carbons (Fsp3) is 0.160. The Bertz CT molecular complexity index is 1610. The molecule has 2 heterocycles. The maximum absolute atomic E-state index is 12.9. The third-order valence-corrected chi connectivity index (χ3v) is 4.70. The van der Waals surface area contributed by atoms with E-state index in [9.17, 15) is 35.9 Å². The molecule has 0 fully saturated rings. The molecule has 1 atom stereocenters. The zero-order chi connectivity index (χ0) is 31.1. The number of ether oxygens (including phenoxy) is 1. The quantitative estimate of drug-likeness (QED) is 0.176. The number of alkyl halides is 6. The number of nitrogens with two attached hydrogens (primary N) is 1. The van der Waals surface area contributed by atoms with Gasteiger partial charge < -0.3 is 25.1 Å². The number of fused-ring (bicyclic) bond motifs is 2. The molecule has 0 aliphatic carbocycles. The van der Waals surface area contributed by atoms with Crippen LogP contribution in [0.1, 0.15) is 6.92 Å². The summed E-state index contributed by atoms with van der Waals surface area (Å²) >= 11 is 0. The number of halogens is 6. The summed E-state index contributed by atoms with van der Waals surface area (Å²) in [6, 6.07) is 15.2. The van der Waals surface area contributed by atoms with E-state index < -0.39 is 36.3 Å². The lowest BCUT2D eigenvalue weighted by molar-refractivity contribution is -0.193. The molecule has 4 rings (SSSR count). The van der Waals surface area contributed by atoms with Gasteiger partial charge >= 0.3 is 30.3 Å². The third kappa shape index (κ3) is 9.03. The number of benzene rings is 2. The second kappa shape index (κ2) is 12.9. The van der Waals surface area contributed by atoms with Gasteiger partial charge in [-0.05, 0) is 31.2 Å². The van der Waals surface area contributed by atoms with Gasteiger partial charge in [0, 0.05) is 11.5 Å². The van der Waals surface area contributed by atoms with Crippen molar-refractivity contribution in [2.75, 3.05) is 0 Å². The van der Waals surface area contributed by atoms with Gasteiger partial charge in [-0.1, -0.05) is 24.3 Å². The van der Waals surface area contributed by atoms with Crippen LogP contribution < -0.4 is 15.9 Å². The summed E-state index contributed by atoms with van der Waals surface area (Å²) in [5.41, 5.74) is 7.31. The van der Waals surface area contributed by atoms with Crippen molar-refractivity contribution in [3.8, 4) is 17.0 Å². The number of pyridine rings is 1. The number of rotatable bonds is 3. The Morgan fingerprint density at radius 3 is 2.02 bits per heavy atom. The van der Waals surface area contributed by atoms with E-state index in [1.165, 1.54) is 25.3 Å². The molecule has 0 radical (unpaired) electrons. The molecule has 10 nitrogen and oxygen atoms in total. The topological polar surface area (TPSA) is 170 Å². The number of hydrogen-bond donors (Lipinski definition) is 3. The fourth-order valence-electron chi connectivity index (χ4n) is 2.77. The zero-order valence-electron chi connectivity index (χ0n) is 20.5. The van der Waals surface area contributed by atoms with Gasteiger partial charge in [0.1, 0.15) is 23.6 Å². The first-order valence-corrected chi connectivity index (χ1v) is 10.9. The molecule has 16 heteroatoms. The third-order valence-electron chi connectivity index (χ3n) is 4.70. The summed E-state index contributed by atoms with van der Waals surface area (Å²) in [5, 5.41) is 15.6. The van der Waals surface area contributed by atoms with E-state index in [0.29, 0.717) is 22.2 Å². The molecule has 2 aromatic heterocycles. The van der Waals surface area contributed by atoms with Gasteiger partial charge in [-0.15, -0.1) is 0 Å². The van der Waals surface area contributed by atoms with Crippen LogP contribution in [0.25, 0.3) is 33.1 Å². The van der Waals surface area contributed by atoms with E-state index in [-0.39, 0.29) is 11.2 Å². The van der Waals surface area contributed by atoms with E-state index >= 15 is 0 Å². The van der Waals surface area contributed by atoms with Crippen LogP contribution in [-0.2, 0) is 14.4 Å². The summed E-state index contributed by atoms with van der Waals surface area (Å²) in [7, 11) is 0. The van der Waals surface area contributed by atoms with Crippen molar-refractivity contribution in [3.05, 3.63) is 71.1 Å². The van der Waals surface area contributed by atoms with E-state index in [1.54, 1.807) is 12.1 Å². The average Bonchev–Trinajstić information content (AvgIpc) is 2.88. The maximum Gasteiger partial charge on any atom is 0.490 e. The summed E-state index contributed by atoms with van der Waals surface area (Å²) in [4.78, 5) is 46.8. The lowest BCUT2D eigenvalue weighted by Gasteiger charge is -2.08. The number of nitrogens with zero attached hydrogens (tertiary/aromatic N) is 1. The number of aromatic nitrogens is 1. The molecule has 0 saturated carbocycles. The highest BCUT2D eigenvalue weighted by molar-refractivity contribution is 5.86. The number of hydrogen-bond acceptors (Lipinski definition) is 8. The smallest absolute Gasteiger partial charge is 0.475 e. The lowest BCUT2D eigenvalue weighted by Crippen LogP contribution is -2.30. The first-order valence-electron chi connectivity index (χ1n) is 10.9. The van der Waals surface area contributed by atoms with Crippen molar-refractivity contribution in [3.63, 3.8) is 0 Å². The Hall–Kier alpha value is -4.99. The predicted octanol–water partition coefficient (Wildman–Crippen LogP) is 4.53. The van der Waals surface area contributed by atoms with Gasteiger partial charge in [-0.2, -0.15) is 26.3 Å². The first-order chi connectivity index (χ1) is 18.9. The van der Waals surface area contributed by atoms with Crippen molar-refractivity contribution in [1.82, 2.24) is 4.98 Å². The van der Waals surface area contributed by atoms with E-state index in [0.717, 1.165) is 10.9 Å². The molecule has 0 aliphatic heterocycles. The van der Waals surface area contributed by atoms with Crippen molar-refractivity contribution in [2.24, 2.45) is 5.73 Å². The van der Waals surface area contributed by atoms with E-state index in [2.05, 4.69) is 4.98 Å². The molecule has 0 amide bonds. The molecule has 0 unspecified atom stereocenters. The average molecular weight is 588 g/mol. The van der Waals surface area contributed by atoms with E-state index in [1.807, 2.05) is 30.3 Å². The first kappa shape index (κ1) is 32.2. The molecule has 218 valence electrons. The van der Waals surface area contributed by atoms with Gasteiger partial charge in [-0.3, -0.25) is 4.79 Å². The summed E-state index contributed by atoms with van der Waals surface area (Å²) in [6.45, 7) is 1.53. The molecular formula is C25H18F6N2O8. The number of esters is 1. The molecular weight excluding hydrogens is 570 g/mol. The normalized spacial score (nSPS) is 11.9. The van der Waals surface area contributed by atoms with Crippen molar-refractivity contribution >= 4 is 39.8 Å². The molecule has 41 heavy (non-hydrogen) atoms. The molecule has 4 aromatic rings. The molecule has 0 saturated heterocycles. The van der Waals surface area contributed by atoms with Crippen molar-refractivity contribution in [1.29, 1.82) is 0 Å². The summed E-state index contributed by atoms with van der Waals surface area (Å²) in [6.07, 6.45) is -8.79. The van der Waals surface area contributed by atoms with Crippen LogP contribution in [0, 0.1) is 0 Å². The largest absolute Gasteiger partial charge is 0.490 e. The molecule has 2 aromatic carbocycles. The SMILES string of the molecule is C[C@@H](N)C(=O)Oc1ccc2c(=O)c(-c3ccc4ccccc4n3)coc2c1.O=C(O)C(F)(F)F.O=C(O)C(F)(F)F. The Labute approximate surface area is 224 Å². The van der Waals surface area contributed by atoms with Crippen LogP contribution in [0.5, 0.6) is 5.75 Å². The minimum atomic E-state index is -5.08. The molecule has 0 bridgehead atoms. The standard InChI is InChI=1S/C21H16N2O4.2C2HF3O2/c1-12(22)21(25)27-14-7-8-15-19(10-14)26-11-16(20(15)24)18-9-6-13-4-2-3-5-17(13)23-18;2*3-2(4,5)1(6)7/h2-12H,22H2,1H3;2*(H,6,7)/t12-;;/m1../s1. The van der Waals surface area contributed by atoms with Crippen LogP contribution in [-0.4, -0.2) is 51.5 Å². The minimum Gasteiger partial charge on any atom is -0.475 e. The number of carbonyl (C=O) groups excluding carboxylic acids is 1. The van der Waals surface area contributed by atoms with Gasteiger partial charge in [0.2, 0.25) is 5.43 Å². The highest BCUT2D eigenvalue weighted by Gasteiger charge is 2.38. The van der Waals surface area contributed by atoms with Crippen LogP contribution in [0.2, 0.25) is 0 Å². The van der Waals surface area contributed by atoms with Crippen molar-refractivity contribution in [2.45, 2.75) is 25.3 Å². The minimum absolute atomic E-state index is 0.205. The number of carboxylic acids is 2. The number of carbonyl (C=O) groups is 3. The van der Waals surface area contributed by atoms with Gasteiger partial charge in [0.25, 0.3) is 0 Å². The van der Waals surface area contributed by atoms with Crippen molar-refractivity contribution < 1.29 is 60.1 Å². The second-order valence-electron chi connectivity index (χ2n) is 7.84. The van der Waals surface area contributed by atoms with Gasteiger partial charge in [-0.25, -0.2) is 19.4 Å². The predicted molar refractivity (Wildman–Crippen MR) is 130 cm³/mol. The molecule has 0 aliphatic rings. The highest BCUT2D eigenvalue weighted by atomic mass is 19.4. The van der Waals surface area contributed by atoms with Gasteiger partial charge in [0.05, 0.1) is 22.2 Å². The Morgan fingerprint density at radius 1 is 0.927 bits per heavy atom.